The van der Waals surface area contributed by atoms with Crippen LogP contribution in [-0.4, -0.2) is 4.57 Å². The maximum atomic E-state index is 2.41. The quantitative estimate of drug-likeness (QED) is 0.172. The molecule has 0 N–H and O–H groups in total. The lowest BCUT2D eigenvalue weighted by Crippen LogP contribution is -2.11. The molecule has 0 aliphatic carbocycles. The average Bonchev–Trinajstić information content (AvgIpc) is 3.55. The van der Waals surface area contributed by atoms with Crippen molar-refractivity contribution in [2.75, 3.05) is 4.90 Å². The second-order valence-corrected chi connectivity index (χ2v) is 13.4. The van der Waals surface area contributed by atoms with E-state index in [1.165, 1.54) is 65.6 Å². The molecule has 10 rings (SSSR count). The Hall–Kier alpha value is -6.90. The number of hydrogen-bond acceptors (Lipinski definition) is 1. The van der Waals surface area contributed by atoms with Gasteiger partial charge in [-0.05, 0) is 87.6 Å². The van der Waals surface area contributed by atoms with Gasteiger partial charge in [-0.25, -0.2) is 0 Å². The van der Waals surface area contributed by atoms with Gasteiger partial charge >= 0.3 is 0 Å². The van der Waals surface area contributed by atoms with Gasteiger partial charge in [-0.1, -0.05) is 152 Å². The topological polar surface area (TPSA) is 8.17 Å². The Labute approximate surface area is 303 Å². The Morgan fingerprint density at radius 1 is 0.308 bits per heavy atom. The van der Waals surface area contributed by atoms with Crippen LogP contribution in [0.5, 0.6) is 0 Å². The van der Waals surface area contributed by atoms with E-state index in [9.17, 15) is 0 Å². The summed E-state index contributed by atoms with van der Waals surface area (Å²) in [6, 6.07) is 74.6. The summed E-state index contributed by atoms with van der Waals surface area (Å²) in [4.78, 5) is 2.41. The zero-order valence-corrected chi connectivity index (χ0v) is 28.5. The zero-order valence-electron chi connectivity index (χ0n) is 28.5. The summed E-state index contributed by atoms with van der Waals surface area (Å²) in [5, 5.41) is 7.39. The highest BCUT2D eigenvalue weighted by molar-refractivity contribution is 6.11. The van der Waals surface area contributed by atoms with Crippen LogP contribution in [0.4, 0.5) is 17.1 Å². The van der Waals surface area contributed by atoms with Gasteiger partial charge < -0.3 is 9.47 Å². The molecule has 0 amide bonds. The van der Waals surface area contributed by atoms with E-state index >= 15 is 0 Å². The van der Waals surface area contributed by atoms with Crippen LogP contribution in [0.1, 0.15) is 0 Å². The van der Waals surface area contributed by atoms with E-state index in [0.717, 1.165) is 22.7 Å². The maximum Gasteiger partial charge on any atom is 0.0541 e. The molecule has 2 heteroatoms. The molecule has 0 bridgehead atoms. The van der Waals surface area contributed by atoms with Gasteiger partial charge in [0.15, 0.2) is 0 Å². The lowest BCUT2D eigenvalue weighted by molar-refractivity contribution is 1.18. The molecule has 0 spiro atoms. The highest BCUT2D eigenvalue weighted by Gasteiger charge is 2.18. The molecular weight excluding hydrogens is 629 g/mol. The first-order valence-corrected chi connectivity index (χ1v) is 17.9. The Kier molecular flexibility index (Phi) is 7.18. The van der Waals surface area contributed by atoms with Crippen LogP contribution in [0.3, 0.4) is 0 Å². The van der Waals surface area contributed by atoms with Crippen molar-refractivity contribution in [3.8, 4) is 27.9 Å². The van der Waals surface area contributed by atoms with Gasteiger partial charge in [0.05, 0.1) is 22.4 Å². The monoisotopic (exact) mass is 662 g/mol. The molecule has 10 aromatic rings. The van der Waals surface area contributed by atoms with Gasteiger partial charge in [-0.3, -0.25) is 0 Å². The molecule has 2 nitrogen and oxygen atoms in total. The molecule has 0 aliphatic rings. The molecule has 0 saturated carbocycles. The first-order chi connectivity index (χ1) is 25.8. The Bertz CT molecular complexity index is 2790. The van der Waals surface area contributed by atoms with Gasteiger partial charge in [-0.2, -0.15) is 0 Å². The Morgan fingerprint density at radius 2 is 0.788 bits per heavy atom. The number of nitrogens with zero attached hydrogens (tertiary/aromatic N) is 2. The van der Waals surface area contributed by atoms with Crippen molar-refractivity contribution in [2.45, 2.75) is 0 Å². The van der Waals surface area contributed by atoms with Gasteiger partial charge in [0, 0.05) is 32.9 Å². The number of anilines is 3. The van der Waals surface area contributed by atoms with Crippen LogP contribution < -0.4 is 4.90 Å². The number of para-hydroxylation sites is 1. The first kappa shape index (κ1) is 30.0. The summed E-state index contributed by atoms with van der Waals surface area (Å²) in [5.41, 5.74) is 11.8. The number of hydrogen-bond donors (Lipinski definition) is 0. The van der Waals surface area contributed by atoms with Crippen molar-refractivity contribution in [1.29, 1.82) is 0 Å². The second-order valence-electron chi connectivity index (χ2n) is 13.4. The fourth-order valence-electron chi connectivity index (χ4n) is 7.88. The van der Waals surface area contributed by atoms with E-state index in [1.54, 1.807) is 0 Å². The van der Waals surface area contributed by atoms with Gasteiger partial charge in [0.25, 0.3) is 0 Å². The van der Waals surface area contributed by atoms with Crippen molar-refractivity contribution in [2.24, 2.45) is 0 Å². The van der Waals surface area contributed by atoms with Gasteiger partial charge in [0.1, 0.15) is 0 Å². The minimum absolute atomic E-state index is 1.12. The summed E-state index contributed by atoms with van der Waals surface area (Å²) < 4.78 is 2.39. The maximum absolute atomic E-state index is 2.41. The molecule has 0 atom stereocenters. The van der Waals surface area contributed by atoms with Crippen LogP contribution in [0.15, 0.2) is 206 Å². The van der Waals surface area contributed by atoms with E-state index in [0.29, 0.717) is 0 Å². The summed E-state index contributed by atoms with van der Waals surface area (Å²) >= 11 is 0. The van der Waals surface area contributed by atoms with Gasteiger partial charge in [-0.15, -0.1) is 0 Å². The smallest absolute Gasteiger partial charge is 0.0541 e. The summed E-state index contributed by atoms with van der Waals surface area (Å²) in [5.74, 6) is 0. The predicted octanol–water partition coefficient (Wildman–Crippen LogP) is 13.9. The van der Waals surface area contributed by atoms with Crippen LogP contribution in [-0.2, 0) is 0 Å². The second kappa shape index (κ2) is 12.5. The standard InChI is InChI=1S/C50H34N2/c1-2-12-35(13-3-1)36-24-29-42(30-25-36)52-49-21-9-8-20-45(49)46-34-40(28-33-50(46)52)37-26-31-41(32-27-37)51(47-22-10-16-38-14-4-6-18-43(38)47)48-23-11-17-39-15-5-7-19-44(39)48/h1-34H. The molecule has 0 radical (unpaired) electrons. The lowest BCUT2D eigenvalue weighted by atomic mass is 10.0. The zero-order chi connectivity index (χ0) is 34.4. The molecule has 9 aromatic carbocycles. The average molecular weight is 663 g/mol. The predicted molar refractivity (Wildman–Crippen MR) is 221 cm³/mol. The third kappa shape index (κ3) is 5.04. The molecule has 244 valence electrons. The van der Waals surface area contributed by atoms with E-state index in [4.69, 9.17) is 0 Å². The van der Waals surface area contributed by atoms with Crippen LogP contribution in [0, 0.1) is 0 Å². The van der Waals surface area contributed by atoms with Crippen molar-refractivity contribution in [1.82, 2.24) is 4.57 Å². The third-order valence-electron chi connectivity index (χ3n) is 10.4. The lowest BCUT2D eigenvalue weighted by Gasteiger charge is -2.28. The minimum atomic E-state index is 1.12. The molecule has 1 heterocycles. The molecule has 0 aliphatic heterocycles. The molecule has 0 fully saturated rings. The summed E-state index contributed by atoms with van der Waals surface area (Å²) in [6.07, 6.45) is 0. The van der Waals surface area contributed by atoms with E-state index in [1.807, 2.05) is 0 Å². The molecule has 1 aromatic heterocycles. The molecule has 0 unspecified atom stereocenters. The van der Waals surface area contributed by atoms with E-state index in [2.05, 4.69) is 216 Å². The summed E-state index contributed by atoms with van der Waals surface area (Å²) in [6.45, 7) is 0. The Balaban J connectivity index is 1.07. The number of rotatable bonds is 6. The van der Waals surface area contributed by atoms with Crippen LogP contribution >= 0.6 is 0 Å². The SMILES string of the molecule is c1ccc(-c2ccc(-n3c4ccccc4c4cc(-c5ccc(N(c6cccc7ccccc67)c6cccc7ccccc67)cc5)ccc43)cc2)cc1. The number of aromatic nitrogens is 1. The van der Waals surface area contributed by atoms with E-state index < -0.39 is 0 Å². The molecular formula is C50H34N2. The van der Waals surface area contributed by atoms with Crippen LogP contribution in [0.2, 0.25) is 0 Å². The van der Waals surface area contributed by atoms with Crippen molar-refractivity contribution in [3.63, 3.8) is 0 Å². The summed E-state index contributed by atoms with van der Waals surface area (Å²) in [7, 11) is 0. The van der Waals surface area contributed by atoms with Crippen molar-refractivity contribution >= 4 is 60.4 Å². The van der Waals surface area contributed by atoms with E-state index in [-0.39, 0.29) is 0 Å². The Morgan fingerprint density at radius 3 is 1.46 bits per heavy atom. The fraction of sp³-hybridized carbons (Fsp3) is 0. The van der Waals surface area contributed by atoms with Crippen molar-refractivity contribution in [3.05, 3.63) is 206 Å². The molecule has 52 heavy (non-hydrogen) atoms. The van der Waals surface area contributed by atoms with Crippen LogP contribution in [0.25, 0.3) is 71.3 Å². The van der Waals surface area contributed by atoms with Gasteiger partial charge in [0.2, 0.25) is 0 Å². The highest BCUT2D eigenvalue weighted by atomic mass is 15.1. The van der Waals surface area contributed by atoms with Crippen molar-refractivity contribution < 1.29 is 0 Å². The highest BCUT2D eigenvalue weighted by Crippen LogP contribution is 2.43. The normalized spacial score (nSPS) is 11.5. The third-order valence-corrected chi connectivity index (χ3v) is 10.4. The molecule has 0 saturated heterocycles. The largest absolute Gasteiger partial charge is 0.309 e. The number of benzene rings is 9. The minimum Gasteiger partial charge on any atom is -0.309 e. The number of fused-ring (bicyclic) bond motifs is 5. The fourth-order valence-corrected chi connectivity index (χ4v) is 7.88. The first-order valence-electron chi connectivity index (χ1n) is 17.9.